The SMILES string of the molecule is NCC(O)CCCc1cccs1. The molecule has 0 spiro atoms. The molecule has 0 saturated carbocycles. The topological polar surface area (TPSA) is 46.2 Å². The number of rotatable bonds is 5. The lowest BCUT2D eigenvalue weighted by molar-refractivity contribution is 0.170. The van der Waals surface area contributed by atoms with E-state index in [1.165, 1.54) is 4.88 Å². The van der Waals surface area contributed by atoms with Crippen LogP contribution in [0.4, 0.5) is 0 Å². The standard InChI is InChI=1S/C9H15NOS/c10-7-8(11)3-1-4-9-5-2-6-12-9/h2,5-6,8,11H,1,3-4,7,10H2. The summed E-state index contributed by atoms with van der Waals surface area (Å²) < 4.78 is 0. The molecule has 1 atom stereocenters. The van der Waals surface area contributed by atoms with Crippen molar-refractivity contribution >= 4 is 11.3 Å². The van der Waals surface area contributed by atoms with Crippen molar-refractivity contribution in [1.82, 2.24) is 0 Å². The molecule has 1 aromatic rings. The highest BCUT2D eigenvalue weighted by Gasteiger charge is 2.00. The Morgan fingerprint density at radius 1 is 1.58 bits per heavy atom. The molecule has 0 bridgehead atoms. The van der Waals surface area contributed by atoms with Gasteiger partial charge in [-0.25, -0.2) is 0 Å². The number of hydrogen-bond donors (Lipinski definition) is 2. The van der Waals surface area contributed by atoms with Gasteiger partial charge in [-0.1, -0.05) is 6.07 Å². The molecule has 0 fully saturated rings. The first kappa shape index (κ1) is 9.71. The van der Waals surface area contributed by atoms with Crippen LogP contribution in [0, 0.1) is 0 Å². The molecule has 0 aromatic carbocycles. The third kappa shape index (κ3) is 3.34. The summed E-state index contributed by atoms with van der Waals surface area (Å²) in [4.78, 5) is 1.39. The minimum absolute atomic E-state index is 0.315. The number of aryl methyl sites for hydroxylation is 1. The van der Waals surface area contributed by atoms with Crippen LogP contribution in [0.15, 0.2) is 17.5 Å². The van der Waals surface area contributed by atoms with Crippen LogP contribution in [0.3, 0.4) is 0 Å². The van der Waals surface area contributed by atoms with Crippen LogP contribution in [0.5, 0.6) is 0 Å². The van der Waals surface area contributed by atoms with Crippen molar-refractivity contribution in [2.75, 3.05) is 6.54 Å². The summed E-state index contributed by atoms with van der Waals surface area (Å²) in [6.45, 7) is 0.379. The van der Waals surface area contributed by atoms with Crippen molar-refractivity contribution in [2.24, 2.45) is 5.73 Å². The molecule has 68 valence electrons. The molecule has 0 aliphatic heterocycles. The summed E-state index contributed by atoms with van der Waals surface area (Å²) in [7, 11) is 0. The monoisotopic (exact) mass is 185 g/mol. The summed E-state index contributed by atoms with van der Waals surface area (Å²) in [6, 6.07) is 4.18. The summed E-state index contributed by atoms with van der Waals surface area (Å²) >= 11 is 1.77. The predicted octanol–water partition coefficient (Wildman–Crippen LogP) is 1.39. The maximum Gasteiger partial charge on any atom is 0.0662 e. The molecule has 3 heteroatoms. The van der Waals surface area contributed by atoms with E-state index >= 15 is 0 Å². The van der Waals surface area contributed by atoms with Crippen molar-refractivity contribution in [3.05, 3.63) is 22.4 Å². The third-order valence-corrected chi connectivity index (χ3v) is 2.75. The number of hydrogen-bond acceptors (Lipinski definition) is 3. The Kier molecular flexibility index (Phi) is 4.29. The van der Waals surface area contributed by atoms with Crippen LogP contribution in [0.1, 0.15) is 17.7 Å². The van der Waals surface area contributed by atoms with Crippen molar-refractivity contribution in [3.8, 4) is 0 Å². The number of aliphatic hydroxyl groups excluding tert-OH is 1. The van der Waals surface area contributed by atoms with Crippen LogP contribution in [0.25, 0.3) is 0 Å². The largest absolute Gasteiger partial charge is 0.392 e. The molecule has 2 nitrogen and oxygen atoms in total. The van der Waals surface area contributed by atoms with E-state index in [2.05, 4.69) is 17.5 Å². The summed E-state index contributed by atoms with van der Waals surface area (Å²) in [5.41, 5.74) is 5.28. The van der Waals surface area contributed by atoms with Gasteiger partial charge in [0.2, 0.25) is 0 Å². The number of nitrogens with two attached hydrogens (primary N) is 1. The number of thiophene rings is 1. The Balaban J connectivity index is 2.11. The molecule has 0 radical (unpaired) electrons. The zero-order valence-electron chi connectivity index (χ0n) is 7.07. The average Bonchev–Trinajstić information content (AvgIpc) is 2.57. The minimum atomic E-state index is -0.315. The molecule has 0 aliphatic rings. The lowest BCUT2D eigenvalue weighted by atomic mass is 10.1. The van der Waals surface area contributed by atoms with Crippen LogP contribution in [0.2, 0.25) is 0 Å². The zero-order chi connectivity index (χ0) is 8.81. The van der Waals surface area contributed by atoms with Crippen molar-refractivity contribution in [3.63, 3.8) is 0 Å². The van der Waals surface area contributed by atoms with Gasteiger partial charge in [-0.15, -0.1) is 11.3 Å². The molecular formula is C9H15NOS. The van der Waals surface area contributed by atoms with E-state index in [0.717, 1.165) is 19.3 Å². The van der Waals surface area contributed by atoms with Crippen molar-refractivity contribution in [1.29, 1.82) is 0 Å². The van der Waals surface area contributed by atoms with E-state index in [0.29, 0.717) is 6.54 Å². The summed E-state index contributed by atoms with van der Waals surface area (Å²) in [5, 5.41) is 11.2. The highest BCUT2D eigenvalue weighted by molar-refractivity contribution is 7.09. The van der Waals surface area contributed by atoms with Crippen molar-refractivity contribution in [2.45, 2.75) is 25.4 Å². The second kappa shape index (κ2) is 5.30. The molecule has 0 saturated heterocycles. The Morgan fingerprint density at radius 2 is 2.42 bits per heavy atom. The number of aliphatic hydroxyl groups is 1. The molecule has 0 aliphatic carbocycles. The highest BCUT2D eigenvalue weighted by Crippen LogP contribution is 2.12. The fraction of sp³-hybridized carbons (Fsp3) is 0.556. The van der Waals surface area contributed by atoms with Gasteiger partial charge in [-0.2, -0.15) is 0 Å². The molecule has 1 unspecified atom stereocenters. The van der Waals surface area contributed by atoms with Crippen LogP contribution in [-0.4, -0.2) is 17.8 Å². The lowest BCUT2D eigenvalue weighted by Gasteiger charge is -2.05. The third-order valence-electron chi connectivity index (χ3n) is 1.81. The Bertz CT molecular complexity index is 198. The van der Waals surface area contributed by atoms with Gasteiger partial charge in [0.25, 0.3) is 0 Å². The maximum atomic E-state index is 9.16. The van der Waals surface area contributed by atoms with E-state index in [1.54, 1.807) is 11.3 Å². The van der Waals surface area contributed by atoms with Gasteiger partial charge in [0.1, 0.15) is 0 Å². The van der Waals surface area contributed by atoms with Crippen LogP contribution < -0.4 is 5.73 Å². The second-order valence-corrected chi connectivity index (χ2v) is 3.89. The fourth-order valence-corrected chi connectivity index (χ4v) is 1.84. The van der Waals surface area contributed by atoms with Crippen LogP contribution >= 0.6 is 11.3 Å². The van der Waals surface area contributed by atoms with E-state index in [9.17, 15) is 0 Å². The van der Waals surface area contributed by atoms with Crippen molar-refractivity contribution < 1.29 is 5.11 Å². The first-order valence-corrected chi connectivity index (χ1v) is 5.11. The van der Waals surface area contributed by atoms with E-state index in [1.807, 2.05) is 0 Å². The zero-order valence-corrected chi connectivity index (χ0v) is 7.89. The first-order valence-electron chi connectivity index (χ1n) is 4.23. The minimum Gasteiger partial charge on any atom is -0.392 e. The normalized spacial score (nSPS) is 13.2. The molecule has 12 heavy (non-hydrogen) atoms. The van der Waals surface area contributed by atoms with E-state index < -0.39 is 0 Å². The van der Waals surface area contributed by atoms with Gasteiger partial charge in [-0.3, -0.25) is 0 Å². The summed E-state index contributed by atoms with van der Waals surface area (Å²) in [5.74, 6) is 0. The highest BCUT2D eigenvalue weighted by atomic mass is 32.1. The Labute approximate surface area is 77.0 Å². The maximum absolute atomic E-state index is 9.16. The fourth-order valence-electron chi connectivity index (χ4n) is 1.08. The van der Waals surface area contributed by atoms with E-state index in [-0.39, 0.29) is 6.10 Å². The molecule has 1 aromatic heterocycles. The van der Waals surface area contributed by atoms with Gasteiger partial charge in [-0.05, 0) is 30.7 Å². The van der Waals surface area contributed by atoms with Gasteiger partial charge in [0.05, 0.1) is 6.10 Å². The smallest absolute Gasteiger partial charge is 0.0662 e. The predicted molar refractivity (Wildman–Crippen MR) is 52.3 cm³/mol. The van der Waals surface area contributed by atoms with Gasteiger partial charge < -0.3 is 10.8 Å². The van der Waals surface area contributed by atoms with Gasteiger partial charge in [0, 0.05) is 11.4 Å². The lowest BCUT2D eigenvalue weighted by Crippen LogP contribution is -2.19. The molecular weight excluding hydrogens is 170 g/mol. The first-order chi connectivity index (χ1) is 5.83. The summed E-state index contributed by atoms with van der Waals surface area (Å²) in [6.07, 6.45) is 2.59. The average molecular weight is 185 g/mol. The van der Waals surface area contributed by atoms with E-state index in [4.69, 9.17) is 10.8 Å². The Hall–Kier alpha value is -0.380. The Morgan fingerprint density at radius 3 is 3.00 bits per heavy atom. The molecule has 0 amide bonds. The van der Waals surface area contributed by atoms with Gasteiger partial charge >= 0.3 is 0 Å². The molecule has 1 rings (SSSR count). The second-order valence-electron chi connectivity index (χ2n) is 2.86. The molecule has 1 heterocycles. The molecule has 3 N–H and O–H groups in total. The van der Waals surface area contributed by atoms with Gasteiger partial charge in [0.15, 0.2) is 0 Å². The van der Waals surface area contributed by atoms with Crippen LogP contribution in [-0.2, 0) is 6.42 Å². The quantitative estimate of drug-likeness (QED) is 0.728.